The number of aliphatic carboxylic acids is 1. The van der Waals surface area contributed by atoms with Crippen LogP contribution in [0.15, 0.2) is 48.5 Å². The number of rotatable bonds is 7. The minimum Gasteiger partial charge on any atom is -0.481 e. The standard InChI is InChI=1S/C28H32N2O5/c31-26(32)13-12-18-14-15-30(16-18)27(33)23-10-5-11-25(23)29-28(34)35-17-24-21-8-3-1-6-19(21)20-7-2-4-9-22(20)24/h1-4,6-9,18,23-25H,5,10-17H2,(H,29,34)(H,31,32)/t18?,23-,25+/m0/s1. The lowest BCUT2D eigenvalue weighted by molar-refractivity contribution is -0.137. The number of likely N-dealkylation sites (tertiary alicyclic amines) is 1. The predicted molar refractivity (Wildman–Crippen MR) is 131 cm³/mol. The summed E-state index contributed by atoms with van der Waals surface area (Å²) in [4.78, 5) is 38.6. The van der Waals surface area contributed by atoms with Crippen LogP contribution in [0.1, 0.15) is 55.6 Å². The SMILES string of the molecule is O=C(O)CCC1CCN(C(=O)[C@H]2CCC[C@H]2NC(=O)OCC2c3ccccc3-c3ccccc32)C1. The molecule has 2 N–H and O–H groups in total. The number of carboxylic acid groups (broad SMARTS) is 1. The number of fused-ring (bicyclic) bond motifs is 3. The number of carbonyl (C=O) groups excluding carboxylic acids is 2. The second-order valence-electron chi connectivity index (χ2n) is 9.99. The van der Waals surface area contributed by atoms with Crippen molar-refractivity contribution < 1.29 is 24.2 Å². The van der Waals surface area contributed by atoms with Gasteiger partial charge in [0, 0.05) is 31.5 Å². The van der Waals surface area contributed by atoms with Crippen LogP contribution in [0.4, 0.5) is 4.79 Å². The highest BCUT2D eigenvalue weighted by Gasteiger charge is 2.39. The van der Waals surface area contributed by atoms with E-state index in [2.05, 4.69) is 29.6 Å². The van der Waals surface area contributed by atoms with E-state index in [1.165, 1.54) is 22.3 Å². The van der Waals surface area contributed by atoms with E-state index >= 15 is 0 Å². The molecule has 7 heteroatoms. The number of nitrogens with one attached hydrogen (secondary N) is 1. The molecular weight excluding hydrogens is 444 g/mol. The van der Waals surface area contributed by atoms with Crippen LogP contribution >= 0.6 is 0 Å². The van der Waals surface area contributed by atoms with Crippen LogP contribution in [-0.2, 0) is 14.3 Å². The van der Waals surface area contributed by atoms with Crippen molar-refractivity contribution >= 4 is 18.0 Å². The summed E-state index contributed by atoms with van der Waals surface area (Å²) in [6.07, 6.45) is 3.52. The van der Waals surface area contributed by atoms with Gasteiger partial charge < -0.3 is 20.1 Å². The second-order valence-corrected chi connectivity index (χ2v) is 9.99. The number of nitrogens with zero attached hydrogens (tertiary/aromatic N) is 1. The first-order valence-corrected chi connectivity index (χ1v) is 12.6. The number of ether oxygens (including phenoxy) is 1. The Morgan fingerprint density at radius 3 is 2.34 bits per heavy atom. The molecule has 3 atom stereocenters. The summed E-state index contributed by atoms with van der Waals surface area (Å²) in [6.45, 7) is 1.53. The highest BCUT2D eigenvalue weighted by atomic mass is 16.5. The Balaban J connectivity index is 1.16. The van der Waals surface area contributed by atoms with E-state index < -0.39 is 12.1 Å². The minimum atomic E-state index is -0.794. The van der Waals surface area contributed by atoms with Crippen molar-refractivity contribution in [2.24, 2.45) is 11.8 Å². The highest BCUT2D eigenvalue weighted by Crippen LogP contribution is 2.44. The quantitative estimate of drug-likeness (QED) is 0.617. The summed E-state index contributed by atoms with van der Waals surface area (Å²) < 4.78 is 5.70. The molecule has 1 saturated heterocycles. The van der Waals surface area contributed by atoms with Crippen LogP contribution in [0.25, 0.3) is 11.1 Å². The second kappa shape index (κ2) is 10.1. The van der Waals surface area contributed by atoms with E-state index in [4.69, 9.17) is 9.84 Å². The highest BCUT2D eigenvalue weighted by molar-refractivity contribution is 5.81. The number of benzene rings is 2. The fourth-order valence-corrected chi connectivity index (χ4v) is 6.05. The molecule has 0 spiro atoms. The van der Waals surface area contributed by atoms with E-state index in [0.717, 1.165) is 25.7 Å². The van der Waals surface area contributed by atoms with Crippen LogP contribution in [0.2, 0.25) is 0 Å². The third-order valence-corrected chi connectivity index (χ3v) is 7.84. The molecule has 2 aromatic rings. The largest absolute Gasteiger partial charge is 0.481 e. The first-order chi connectivity index (χ1) is 17.0. The van der Waals surface area contributed by atoms with Gasteiger partial charge in [0.05, 0.1) is 5.92 Å². The lowest BCUT2D eigenvalue weighted by Gasteiger charge is -2.25. The Hall–Kier alpha value is -3.35. The van der Waals surface area contributed by atoms with Gasteiger partial charge >= 0.3 is 12.1 Å². The smallest absolute Gasteiger partial charge is 0.407 e. The molecule has 184 valence electrons. The fourth-order valence-electron chi connectivity index (χ4n) is 6.05. The molecule has 0 aromatic heterocycles. The fraction of sp³-hybridized carbons (Fsp3) is 0.464. The molecule has 7 nitrogen and oxygen atoms in total. The zero-order valence-electron chi connectivity index (χ0n) is 19.8. The molecule has 2 amide bonds. The maximum Gasteiger partial charge on any atom is 0.407 e. The molecular formula is C28H32N2O5. The predicted octanol–water partition coefficient (Wildman–Crippen LogP) is 4.41. The molecule has 2 aliphatic carbocycles. The van der Waals surface area contributed by atoms with Crippen molar-refractivity contribution in [2.45, 2.75) is 50.5 Å². The minimum absolute atomic E-state index is 0.00138. The Morgan fingerprint density at radius 1 is 0.971 bits per heavy atom. The van der Waals surface area contributed by atoms with E-state index in [9.17, 15) is 14.4 Å². The summed E-state index contributed by atoms with van der Waals surface area (Å²) in [5, 5.41) is 11.9. The molecule has 35 heavy (non-hydrogen) atoms. The van der Waals surface area contributed by atoms with Gasteiger partial charge in [0.25, 0.3) is 0 Å². The molecule has 2 aromatic carbocycles. The molecule has 1 aliphatic heterocycles. The van der Waals surface area contributed by atoms with Gasteiger partial charge in [-0.3, -0.25) is 9.59 Å². The Bertz CT molecular complexity index is 1070. The number of amides is 2. The van der Waals surface area contributed by atoms with Gasteiger partial charge in [-0.2, -0.15) is 0 Å². The van der Waals surface area contributed by atoms with Crippen LogP contribution in [-0.4, -0.2) is 53.7 Å². The maximum absolute atomic E-state index is 13.2. The lowest BCUT2D eigenvalue weighted by atomic mass is 9.98. The molecule has 3 aliphatic rings. The van der Waals surface area contributed by atoms with Gasteiger partial charge in [-0.05, 0) is 53.9 Å². The van der Waals surface area contributed by atoms with E-state index in [-0.39, 0.29) is 42.7 Å². The van der Waals surface area contributed by atoms with Gasteiger partial charge in [0.2, 0.25) is 5.91 Å². The number of hydrogen-bond donors (Lipinski definition) is 2. The van der Waals surface area contributed by atoms with E-state index in [1.54, 1.807) is 0 Å². The summed E-state index contributed by atoms with van der Waals surface area (Å²) in [5.74, 6) is -0.720. The average Bonchev–Trinajstić information content (AvgIpc) is 3.59. The molecule has 1 saturated carbocycles. The Kier molecular flexibility index (Phi) is 6.75. The third-order valence-electron chi connectivity index (χ3n) is 7.84. The lowest BCUT2D eigenvalue weighted by Crippen LogP contribution is -2.45. The van der Waals surface area contributed by atoms with Crippen molar-refractivity contribution in [3.63, 3.8) is 0 Å². The van der Waals surface area contributed by atoms with Crippen molar-refractivity contribution in [2.75, 3.05) is 19.7 Å². The zero-order valence-corrected chi connectivity index (χ0v) is 19.8. The Morgan fingerprint density at radius 2 is 1.66 bits per heavy atom. The van der Waals surface area contributed by atoms with Gasteiger partial charge in [-0.15, -0.1) is 0 Å². The summed E-state index contributed by atoms with van der Waals surface area (Å²) >= 11 is 0. The first kappa shape index (κ1) is 23.4. The molecule has 0 radical (unpaired) electrons. The maximum atomic E-state index is 13.2. The van der Waals surface area contributed by atoms with Crippen molar-refractivity contribution in [3.8, 4) is 11.1 Å². The van der Waals surface area contributed by atoms with Crippen LogP contribution in [0.5, 0.6) is 0 Å². The summed E-state index contributed by atoms with van der Waals surface area (Å²) in [6, 6.07) is 16.2. The monoisotopic (exact) mass is 476 g/mol. The number of carbonyl (C=O) groups is 3. The normalized spacial score (nSPS) is 23.1. The molecule has 1 unspecified atom stereocenters. The van der Waals surface area contributed by atoms with Crippen molar-refractivity contribution in [1.82, 2.24) is 10.2 Å². The molecule has 1 heterocycles. The third kappa shape index (κ3) is 4.90. The van der Waals surface area contributed by atoms with E-state index in [1.807, 2.05) is 29.2 Å². The topological polar surface area (TPSA) is 95.9 Å². The van der Waals surface area contributed by atoms with E-state index in [0.29, 0.717) is 19.5 Å². The molecule has 0 bridgehead atoms. The number of hydrogen-bond acceptors (Lipinski definition) is 4. The summed E-state index contributed by atoms with van der Waals surface area (Å²) in [5.41, 5.74) is 4.71. The number of alkyl carbamates (subject to hydrolysis) is 1. The van der Waals surface area contributed by atoms with Gasteiger partial charge in [-0.25, -0.2) is 4.79 Å². The zero-order chi connectivity index (χ0) is 24.4. The van der Waals surface area contributed by atoms with Crippen molar-refractivity contribution in [1.29, 1.82) is 0 Å². The van der Waals surface area contributed by atoms with Gasteiger partial charge in [0.1, 0.15) is 6.61 Å². The average molecular weight is 477 g/mol. The van der Waals surface area contributed by atoms with Crippen LogP contribution in [0, 0.1) is 11.8 Å². The van der Waals surface area contributed by atoms with Gasteiger partial charge in [0.15, 0.2) is 0 Å². The number of carboxylic acids is 1. The summed E-state index contributed by atoms with van der Waals surface area (Å²) in [7, 11) is 0. The molecule has 5 rings (SSSR count). The first-order valence-electron chi connectivity index (χ1n) is 12.6. The van der Waals surface area contributed by atoms with Gasteiger partial charge in [-0.1, -0.05) is 55.0 Å². The van der Waals surface area contributed by atoms with Crippen LogP contribution in [0.3, 0.4) is 0 Å². The Labute approximate surface area is 205 Å². The van der Waals surface area contributed by atoms with Crippen LogP contribution < -0.4 is 5.32 Å². The van der Waals surface area contributed by atoms with Crippen molar-refractivity contribution in [3.05, 3.63) is 59.7 Å². The molecule has 2 fully saturated rings.